The molecule has 7 heteroatoms. The SMILES string of the molecule is CCCN1CCC(NC(=NC)NCc2ccc(Cl)cc2OCC)CC1.I. The summed E-state index contributed by atoms with van der Waals surface area (Å²) in [6.45, 7) is 9.02. The number of benzene rings is 1. The van der Waals surface area contributed by atoms with Crippen molar-refractivity contribution in [2.75, 3.05) is 33.3 Å². The van der Waals surface area contributed by atoms with Crippen LogP contribution in [0.2, 0.25) is 5.02 Å². The van der Waals surface area contributed by atoms with Crippen molar-refractivity contribution in [1.29, 1.82) is 0 Å². The first kappa shape index (κ1) is 23.3. The van der Waals surface area contributed by atoms with E-state index in [2.05, 4.69) is 27.4 Å². The van der Waals surface area contributed by atoms with E-state index in [1.165, 1.54) is 13.0 Å². The van der Waals surface area contributed by atoms with Gasteiger partial charge in [0.1, 0.15) is 5.75 Å². The molecule has 0 aromatic heterocycles. The summed E-state index contributed by atoms with van der Waals surface area (Å²) in [5, 5.41) is 7.63. The molecule has 26 heavy (non-hydrogen) atoms. The fourth-order valence-corrected chi connectivity index (χ4v) is 3.31. The average molecular weight is 495 g/mol. The van der Waals surface area contributed by atoms with E-state index < -0.39 is 0 Å². The maximum atomic E-state index is 6.07. The largest absolute Gasteiger partial charge is 0.493 e. The zero-order valence-corrected chi connectivity index (χ0v) is 19.1. The predicted molar refractivity (Wildman–Crippen MR) is 121 cm³/mol. The second-order valence-electron chi connectivity index (χ2n) is 6.37. The van der Waals surface area contributed by atoms with Gasteiger partial charge in [-0.2, -0.15) is 0 Å². The van der Waals surface area contributed by atoms with E-state index in [-0.39, 0.29) is 24.0 Å². The number of piperidine rings is 1. The molecule has 1 saturated heterocycles. The minimum Gasteiger partial charge on any atom is -0.493 e. The van der Waals surface area contributed by atoms with E-state index in [0.29, 0.717) is 24.2 Å². The van der Waals surface area contributed by atoms with Crippen LogP contribution in [0.4, 0.5) is 0 Å². The molecule has 0 amide bonds. The van der Waals surface area contributed by atoms with Gasteiger partial charge in [-0.3, -0.25) is 4.99 Å². The number of likely N-dealkylation sites (tertiary alicyclic amines) is 1. The van der Waals surface area contributed by atoms with Gasteiger partial charge < -0.3 is 20.3 Å². The van der Waals surface area contributed by atoms with E-state index in [9.17, 15) is 0 Å². The van der Waals surface area contributed by atoms with Gasteiger partial charge in [-0.25, -0.2) is 0 Å². The first-order chi connectivity index (χ1) is 12.2. The van der Waals surface area contributed by atoms with E-state index in [1.54, 1.807) is 0 Å². The number of halogens is 2. The summed E-state index contributed by atoms with van der Waals surface area (Å²) >= 11 is 6.07. The fourth-order valence-electron chi connectivity index (χ4n) is 3.15. The second-order valence-corrected chi connectivity index (χ2v) is 6.81. The molecule has 0 bridgehead atoms. The van der Waals surface area contributed by atoms with Crippen LogP contribution in [-0.4, -0.2) is 50.2 Å². The lowest BCUT2D eigenvalue weighted by Gasteiger charge is -2.32. The molecule has 1 aliphatic rings. The first-order valence-corrected chi connectivity index (χ1v) is 9.64. The van der Waals surface area contributed by atoms with Crippen molar-refractivity contribution in [3.8, 4) is 5.75 Å². The minimum atomic E-state index is 0. The predicted octanol–water partition coefficient (Wildman–Crippen LogP) is 3.90. The number of guanidine groups is 1. The van der Waals surface area contributed by atoms with Crippen molar-refractivity contribution in [1.82, 2.24) is 15.5 Å². The number of rotatable bonds is 7. The number of hydrogen-bond donors (Lipinski definition) is 2. The molecule has 0 radical (unpaired) electrons. The molecule has 148 valence electrons. The van der Waals surface area contributed by atoms with Gasteiger partial charge in [-0.1, -0.05) is 24.6 Å². The lowest BCUT2D eigenvalue weighted by atomic mass is 10.1. The molecule has 1 fully saturated rings. The molecule has 1 heterocycles. The van der Waals surface area contributed by atoms with Crippen LogP contribution in [0.25, 0.3) is 0 Å². The smallest absolute Gasteiger partial charge is 0.191 e. The molecule has 0 unspecified atom stereocenters. The van der Waals surface area contributed by atoms with E-state index in [4.69, 9.17) is 16.3 Å². The maximum absolute atomic E-state index is 6.07. The van der Waals surface area contributed by atoms with Crippen molar-refractivity contribution in [2.45, 2.75) is 45.7 Å². The van der Waals surface area contributed by atoms with Gasteiger partial charge in [-0.05, 0) is 44.9 Å². The standard InChI is InChI=1S/C19H31ClN4O.HI/c1-4-10-24-11-8-17(9-12-24)23-19(21-3)22-14-15-6-7-16(20)13-18(15)25-5-2;/h6-7,13,17H,4-5,8-12,14H2,1-3H3,(H2,21,22,23);1H. The first-order valence-electron chi connectivity index (χ1n) is 9.27. The van der Waals surface area contributed by atoms with E-state index in [1.807, 2.05) is 32.2 Å². The molecular formula is C19H32ClIN4O. The summed E-state index contributed by atoms with van der Waals surface area (Å²) in [6, 6.07) is 6.23. The van der Waals surface area contributed by atoms with Crippen LogP contribution in [0.3, 0.4) is 0 Å². The zero-order chi connectivity index (χ0) is 18.1. The zero-order valence-electron chi connectivity index (χ0n) is 16.1. The van der Waals surface area contributed by atoms with Crippen molar-refractivity contribution >= 4 is 41.5 Å². The van der Waals surface area contributed by atoms with Crippen molar-refractivity contribution in [3.63, 3.8) is 0 Å². The minimum absolute atomic E-state index is 0. The maximum Gasteiger partial charge on any atom is 0.191 e. The van der Waals surface area contributed by atoms with Crippen LogP contribution in [0.5, 0.6) is 5.75 Å². The Hall–Kier alpha value is -0.730. The Bertz CT molecular complexity index is 562. The number of ether oxygens (including phenoxy) is 1. The molecular weight excluding hydrogens is 463 g/mol. The van der Waals surface area contributed by atoms with Crippen LogP contribution in [0, 0.1) is 0 Å². The van der Waals surface area contributed by atoms with Crippen molar-refractivity contribution in [3.05, 3.63) is 28.8 Å². The highest BCUT2D eigenvalue weighted by Crippen LogP contribution is 2.23. The Morgan fingerprint density at radius 3 is 2.65 bits per heavy atom. The van der Waals surface area contributed by atoms with Crippen LogP contribution < -0.4 is 15.4 Å². The number of aliphatic imine (C=N–C) groups is 1. The topological polar surface area (TPSA) is 48.9 Å². The van der Waals surface area contributed by atoms with Crippen LogP contribution >= 0.6 is 35.6 Å². The molecule has 0 atom stereocenters. The monoisotopic (exact) mass is 494 g/mol. The molecule has 1 aromatic rings. The third-order valence-electron chi connectivity index (χ3n) is 4.47. The summed E-state index contributed by atoms with van der Waals surface area (Å²) in [4.78, 5) is 6.90. The summed E-state index contributed by atoms with van der Waals surface area (Å²) in [5.41, 5.74) is 1.08. The number of nitrogens with zero attached hydrogens (tertiary/aromatic N) is 2. The highest BCUT2D eigenvalue weighted by molar-refractivity contribution is 14.0. The third kappa shape index (κ3) is 7.48. The Morgan fingerprint density at radius 2 is 2.04 bits per heavy atom. The summed E-state index contributed by atoms with van der Waals surface area (Å²) in [6.07, 6.45) is 3.54. The fraction of sp³-hybridized carbons (Fsp3) is 0.632. The van der Waals surface area contributed by atoms with Gasteiger partial charge in [-0.15, -0.1) is 24.0 Å². The third-order valence-corrected chi connectivity index (χ3v) is 4.70. The van der Waals surface area contributed by atoms with Crippen molar-refractivity contribution in [2.24, 2.45) is 4.99 Å². The Labute approximate surface area is 179 Å². The van der Waals surface area contributed by atoms with Gasteiger partial charge in [0, 0.05) is 43.3 Å². The van der Waals surface area contributed by atoms with Crippen LogP contribution in [0.1, 0.15) is 38.7 Å². The quantitative estimate of drug-likeness (QED) is 0.343. The normalized spacial score (nSPS) is 16.1. The van der Waals surface area contributed by atoms with E-state index >= 15 is 0 Å². The number of nitrogens with one attached hydrogen (secondary N) is 2. The molecule has 0 spiro atoms. The molecule has 1 aromatic carbocycles. The molecule has 1 aliphatic heterocycles. The Balaban J connectivity index is 0.00000338. The van der Waals surface area contributed by atoms with E-state index in [0.717, 1.165) is 43.2 Å². The van der Waals surface area contributed by atoms with Gasteiger partial charge in [0.2, 0.25) is 0 Å². The molecule has 2 N–H and O–H groups in total. The molecule has 5 nitrogen and oxygen atoms in total. The Kier molecular flexibility index (Phi) is 11.3. The summed E-state index contributed by atoms with van der Waals surface area (Å²) < 4.78 is 5.68. The highest BCUT2D eigenvalue weighted by Gasteiger charge is 2.19. The van der Waals surface area contributed by atoms with Gasteiger partial charge in [0.15, 0.2) is 5.96 Å². The highest BCUT2D eigenvalue weighted by atomic mass is 127. The van der Waals surface area contributed by atoms with Crippen LogP contribution in [0.15, 0.2) is 23.2 Å². The van der Waals surface area contributed by atoms with Gasteiger partial charge in [0.05, 0.1) is 6.61 Å². The van der Waals surface area contributed by atoms with Crippen LogP contribution in [-0.2, 0) is 6.54 Å². The molecule has 2 rings (SSSR count). The number of hydrogen-bond acceptors (Lipinski definition) is 3. The Morgan fingerprint density at radius 1 is 1.31 bits per heavy atom. The summed E-state index contributed by atoms with van der Waals surface area (Å²) in [7, 11) is 1.81. The lowest BCUT2D eigenvalue weighted by Crippen LogP contribution is -2.48. The second kappa shape index (κ2) is 12.6. The van der Waals surface area contributed by atoms with Crippen molar-refractivity contribution < 1.29 is 4.74 Å². The molecule has 0 aliphatic carbocycles. The van der Waals surface area contributed by atoms with Gasteiger partial charge in [0.25, 0.3) is 0 Å². The summed E-state index contributed by atoms with van der Waals surface area (Å²) in [5.74, 6) is 1.66. The van der Waals surface area contributed by atoms with Gasteiger partial charge >= 0.3 is 0 Å². The average Bonchev–Trinajstić information content (AvgIpc) is 2.62. The lowest BCUT2D eigenvalue weighted by molar-refractivity contribution is 0.206. The molecule has 0 saturated carbocycles.